The number of urea groups is 1. The first kappa shape index (κ1) is 33.4. The first-order valence-corrected chi connectivity index (χ1v) is 17.0. The highest BCUT2D eigenvalue weighted by atomic mass is 32.2. The van der Waals surface area contributed by atoms with E-state index in [0.29, 0.717) is 25.3 Å². The Morgan fingerprint density at radius 3 is 2.21 bits per heavy atom. The van der Waals surface area contributed by atoms with E-state index >= 15 is 0 Å². The number of thiol groups is 1. The van der Waals surface area contributed by atoms with E-state index in [0.717, 1.165) is 25.8 Å². The number of piperidine rings is 1. The lowest BCUT2D eigenvalue weighted by Gasteiger charge is -2.38. The zero-order chi connectivity index (χ0) is 32.0. The molecule has 43 heavy (non-hydrogen) atoms. The van der Waals surface area contributed by atoms with Gasteiger partial charge in [-0.3, -0.25) is 19.2 Å². The van der Waals surface area contributed by atoms with Crippen LogP contribution in [0, 0.1) is 34.5 Å². The molecule has 2 heterocycles. The molecule has 2 saturated carbocycles. The van der Waals surface area contributed by atoms with Crippen LogP contribution in [0.4, 0.5) is 4.79 Å². The van der Waals surface area contributed by atoms with Gasteiger partial charge in [-0.1, -0.05) is 65.5 Å². The maximum atomic E-state index is 14.2. The predicted molar refractivity (Wildman–Crippen MR) is 164 cm³/mol. The van der Waals surface area contributed by atoms with Crippen LogP contribution in [0.25, 0.3) is 0 Å². The number of fused-ring (bicyclic) bond motifs is 1. The minimum Gasteiger partial charge on any atom is -0.363 e. The van der Waals surface area contributed by atoms with E-state index in [1.54, 1.807) is 4.90 Å². The number of carbonyl (C=O) groups is 5. The number of nitrogens with one attached hydrogen (secondary N) is 3. The predicted octanol–water partition coefficient (Wildman–Crippen LogP) is 0.864. The van der Waals surface area contributed by atoms with Crippen molar-refractivity contribution < 1.29 is 28.2 Å². The third-order valence-corrected chi connectivity index (χ3v) is 11.6. The molecule has 0 aromatic carbocycles. The van der Waals surface area contributed by atoms with Crippen LogP contribution in [0.5, 0.6) is 0 Å². The summed E-state index contributed by atoms with van der Waals surface area (Å²) < 4.78 is 14.2. The van der Waals surface area contributed by atoms with Gasteiger partial charge in [0.25, 0.3) is 5.91 Å². The van der Waals surface area contributed by atoms with Crippen LogP contribution in [0.2, 0.25) is 0 Å². The number of carbonyl (C=O) groups excluding carboxylic acids is 5. The summed E-state index contributed by atoms with van der Waals surface area (Å²) >= 11 is 0. The van der Waals surface area contributed by atoms with Gasteiger partial charge < -0.3 is 26.6 Å². The van der Waals surface area contributed by atoms with Crippen molar-refractivity contribution in [3.05, 3.63) is 0 Å². The number of rotatable bonds is 12. The monoisotopic (exact) mass is 623 g/mol. The third kappa shape index (κ3) is 7.41. The molecular weight excluding hydrogens is 572 g/mol. The molecule has 2 unspecified atom stereocenters. The van der Waals surface area contributed by atoms with Crippen LogP contribution in [0.3, 0.4) is 0 Å². The van der Waals surface area contributed by atoms with Gasteiger partial charge in [0.2, 0.25) is 17.6 Å². The van der Waals surface area contributed by atoms with Crippen molar-refractivity contribution in [2.24, 2.45) is 40.2 Å². The number of hydrogen-bond acceptors (Lipinski definition) is 6. The summed E-state index contributed by atoms with van der Waals surface area (Å²) in [7, 11) is -1.43. The summed E-state index contributed by atoms with van der Waals surface area (Å²) in [5.74, 6) is -1.76. The Labute approximate surface area is 257 Å². The number of primary amides is 1. The molecular formula is C30H51N6O6S+. The van der Waals surface area contributed by atoms with Gasteiger partial charge in [0.15, 0.2) is 0 Å². The van der Waals surface area contributed by atoms with Crippen LogP contribution in [-0.2, 0) is 34.4 Å². The van der Waals surface area contributed by atoms with Gasteiger partial charge in [-0.25, -0.2) is 4.79 Å². The van der Waals surface area contributed by atoms with Crippen LogP contribution in [0.1, 0.15) is 74.1 Å². The molecule has 12 nitrogen and oxygen atoms in total. The van der Waals surface area contributed by atoms with Gasteiger partial charge in [-0.05, 0) is 40.9 Å². The van der Waals surface area contributed by atoms with E-state index in [2.05, 4.69) is 29.8 Å². The molecule has 13 heteroatoms. The smallest absolute Gasteiger partial charge is 0.315 e. The van der Waals surface area contributed by atoms with Crippen molar-refractivity contribution >= 4 is 40.5 Å². The summed E-state index contributed by atoms with van der Waals surface area (Å²) in [6, 6.07) is -3.55. The molecule has 5 N–H and O–H groups in total. The Bertz CT molecular complexity index is 1160. The summed E-state index contributed by atoms with van der Waals surface area (Å²) in [5.41, 5.74) is 4.44. The fourth-order valence-electron chi connectivity index (χ4n) is 6.79. The SMILES string of the molecule is CC(C)[C@@H](CN1CCC[SH+]1=O)NC(=O)N[C@H](C(=O)N1C[C@H]2[C@@H]([C@H]1C(=O)NC(CC1CC1)C(=O)C(N)=O)C2(C)C)C(C)(C)C. The molecule has 0 spiro atoms. The van der Waals surface area contributed by atoms with Gasteiger partial charge in [-0.15, -0.1) is 4.31 Å². The number of nitrogens with two attached hydrogens (primary N) is 1. The summed E-state index contributed by atoms with van der Waals surface area (Å²) in [5, 5.41) is 8.67. The standard InChI is InChI=1S/C30H50N6O6S/c1-16(2)20(15-35-11-8-12-43(35)42)33-28(41)34-24(29(3,4)5)27(40)36-14-18-21(30(18,6)7)22(36)26(39)32-19(13-17-9-10-17)23(37)25(31)38/h16-22,24H,8-15H2,1-7H3,(H2,31,38)(H,32,39)(H2,33,34,41)/p+1/t18-,19?,20+,21-,22-,24+,43?/m0/s1. The van der Waals surface area contributed by atoms with Crippen LogP contribution in [-0.4, -0.2) is 88.3 Å². The highest BCUT2D eigenvalue weighted by molar-refractivity contribution is 7.82. The topological polar surface area (TPSA) is 171 Å². The van der Waals surface area contributed by atoms with E-state index in [1.807, 2.05) is 38.9 Å². The average Bonchev–Trinajstić information content (AvgIpc) is 3.67. The van der Waals surface area contributed by atoms with Crippen molar-refractivity contribution in [1.29, 1.82) is 0 Å². The Balaban J connectivity index is 1.50. The maximum absolute atomic E-state index is 14.2. The van der Waals surface area contributed by atoms with Crippen molar-refractivity contribution in [3.8, 4) is 0 Å². The largest absolute Gasteiger partial charge is 0.363 e. The van der Waals surface area contributed by atoms with Crippen molar-refractivity contribution in [1.82, 2.24) is 25.2 Å². The van der Waals surface area contributed by atoms with Crippen molar-refractivity contribution in [3.63, 3.8) is 0 Å². The molecule has 0 bridgehead atoms. The molecule has 0 radical (unpaired) electrons. The second-order valence-electron chi connectivity index (χ2n) is 15.0. The zero-order valence-electron chi connectivity index (χ0n) is 26.6. The molecule has 0 aromatic heterocycles. The summed E-state index contributed by atoms with van der Waals surface area (Å²) in [6.07, 6.45) is 3.08. The average molecular weight is 624 g/mol. The Morgan fingerprint density at radius 2 is 1.70 bits per heavy atom. The number of ketones is 1. The highest BCUT2D eigenvalue weighted by Gasteiger charge is 2.70. The lowest BCUT2D eigenvalue weighted by Crippen LogP contribution is -2.62. The zero-order valence-corrected chi connectivity index (χ0v) is 27.5. The summed E-state index contributed by atoms with van der Waals surface area (Å²) in [6.45, 7) is 15.2. The van der Waals surface area contributed by atoms with Crippen LogP contribution < -0.4 is 21.7 Å². The van der Waals surface area contributed by atoms with Crippen LogP contribution in [0.15, 0.2) is 0 Å². The molecule has 4 rings (SSSR count). The normalized spacial score (nSPS) is 28.5. The van der Waals surface area contributed by atoms with Crippen molar-refractivity contribution in [2.45, 2.75) is 98.3 Å². The van der Waals surface area contributed by atoms with E-state index in [1.165, 1.54) is 0 Å². The van der Waals surface area contributed by atoms with E-state index in [-0.39, 0.29) is 41.0 Å². The Hall–Kier alpha value is -2.54. The molecule has 5 amide bonds. The third-order valence-electron chi connectivity index (χ3n) is 9.90. The molecule has 242 valence electrons. The molecule has 2 aliphatic carbocycles. The van der Waals surface area contributed by atoms with Crippen molar-refractivity contribution in [2.75, 3.05) is 25.4 Å². The van der Waals surface area contributed by atoms with E-state index < -0.39 is 58.2 Å². The van der Waals surface area contributed by atoms with Gasteiger partial charge >= 0.3 is 6.03 Å². The molecule has 0 aromatic rings. The van der Waals surface area contributed by atoms with Gasteiger partial charge in [0, 0.05) is 25.6 Å². The fourth-order valence-corrected chi connectivity index (χ4v) is 8.21. The first-order valence-electron chi connectivity index (χ1n) is 15.6. The number of Topliss-reactive ketones (excluding diaryl/α,β-unsaturated/α-hetero) is 1. The van der Waals surface area contributed by atoms with Gasteiger partial charge in [-0.2, -0.15) is 0 Å². The first-order chi connectivity index (χ1) is 19.9. The number of amides is 5. The quantitative estimate of drug-likeness (QED) is 0.143. The minimum atomic E-state index is -1.43. The fraction of sp³-hybridized carbons (Fsp3) is 0.833. The Kier molecular flexibility index (Phi) is 9.66. The number of likely N-dealkylation sites (tertiary alicyclic amines) is 1. The van der Waals surface area contributed by atoms with Gasteiger partial charge in [0.1, 0.15) is 28.8 Å². The molecule has 4 fully saturated rings. The van der Waals surface area contributed by atoms with E-state index in [4.69, 9.17) is 5.73 Å². The second kappa shape index (κ2) is 12.5. The lowest BCUT2D eigenvalue weighted by molar-refractivity contribution is -0.145. The Morgan fingerprint density at radius 1 is 1.05 bits per heavy atom. The maximum Gasteiger partial charge on any atom is 0.315 e. The highest BCUT2D eigenvalue weighted by Crippen LogP contribution is 2.65. The molecule has 2 saturated heterocycles. The molecule has 4 aliphatic rings. The minimum absolute atomic E-state index is 0.0752. The lowest BCUT2D eigenvalue weighted by atomic mass is 9.85. The number of nitrogens with zero attached hydrogens (tertiary/aromatic N) is 2. The molecule has 7 atom stereocenters. The van der Waals surface area contributed by atoms with E-state index in [9.17, 15) is 28.2 Å². The number of hydrogen-bond donors (Lipinski definition) is 4. The molecule has 2 aliphatic heterocycles. The second-order valence-corrected chi connectivity index (χ2v) is 16.7. The van der Waals surface area contributed by atoms with Gasteiger partial charge in [0.05, 0.1) is 12.6 Å². The van der Waals surface area contributed by atoms with Crippen LogP contribution >= 0.6 is 0 Å². The summed E-state index contributed by atoms with van der Waals surface area (Å²) in [4.78, 5) is 67.2.